The Morgan fingerprint density at radius 1 is 1.42 bits per heavy atom. The van der Waals surface area contributed by atoms with Crippen LogP contribution >= 0.6 is 11.8 Å². The predicted molar refractivity (Wildman–Crippen MR) is 83.4 cm³/mol. The van der Waals surface area contributed by atoms with Crippen molar-refractivity contribution < 1.29 is 0 Å². The molecule has 0 radical (unpaired) electrons. The van der Waals surface area contributed by atoms with Gasteiger partial charge in [-0.1, -0.05) is 6.92 Å². The lowest BCUT2D eigenvalue weighted by atomic mass is 10.1. The maximum absolute atomic E-state index is 7.79. The van der Waals surface area contributed by atoms with Crippen molar-refractivity contribution in [3.05, 3.63) is 16.8 Å². The number of hydrogen-bond donors (Lipinski definition) is 2. The summed E-state index contributed by atoms with van der Waals surface area (Å²) in [5.74, 6) is 1.77. The number of anilines is 1. The maximum atomic E-state index is 7.79. The van der Waals surface area contributed by atoms with Gasteiger partial charge in [0.1, 0.15) is 5.84 Å². The van der Waals surface area contributed by atoms with E-state index in [1.807, 2.05) is 20.9 Å². The van der Waals surface area contributed by atoms with Crippen molar-refractivity contribution in [1.29, 1.82) is 5.41 Å². The van der Waals surface area contributed by atoms with Crippen LogP contribution in [0.1, 0.15) is 30.2 Å². The van der Waals surface area contributed by atoms with Gasteiger partial charge in [-0.3, -0.25) is 5.41 Å². The summed E-state index contributed by atoms with van der Waals surface area (Å²) < 4.78 is 0. The fourth-order valence-corrected chi connectivity index (χ4v) is 2.88. The number of nitrogens with zero attached hydrogens (tertiary/aromatic N) is 3. The normalized spacial score (nSPS) is 12.3. The minimum Gasteiger partial charge on any atom is -0.384 e. The van der Waals surface area contributed by atoms with Crippen LogP contribution < -0.4 is 10.6 Å². The zero-order valence-corrected chi connectivity index (χ0v) is 13.1. The molecule has 19 heavy (non-hydrogen) atoms. The predicted octanol–water partition coefficient (Wildman–Crippen LogP) is 1.96. The molecule has 0 saturated heterocycles. The molecule has 1 rings (SSSR count). The van der Waals surface area contributed by atoms with Crippen LogP contribution in [0.2, 0.25) is 0 Å². The number of nitrogens with two attached hydrogens (primary N) is 1. The van der Waals surface area contributed by atoms with Crippen molar-refractivity contribution in [3.63, 3.8) is 0 Å². The molecule has 5 nitrogen and oxygen atoms in total. The second-order valence-corrected chi connectivity index (χ2v) is 5.56. The maximum Gasteiger partial charge on any atom is 0.162 e. The SMILES string of the molecule is CCC(CSC)N(C)c1nnc(C)c(C)c1C(=N)N. The van der Waals surface area contributed by atoms with Crippen LogP contribution in [-0.2, 0) is 0 Å². The highest BCUT2D eigenvalue weighted by Crippen LogP contribution is 2.24. The van der Waals surface area contributed by atoms with Gasteiger partial charge in [-0.2, -0.15) is 16.9 Å². The van der Waals surface area contributed by atoms with Gasteiger partial charge >= 0.3 is 0 Å². The van der Waals surface area contributed by atoms with Crippen LogP contribution in [-0.4, -0.2) is 41.1 Å². The highest BCUT2D eigenvalue weighted by Gasteiger charge is 2.21. The van der Waals surface area contributed by atoms with Gasteiger partial charge in [-0.25, -0.2) is 0 Å². The van der Waals surface area contributed by atoms with Crippen LogP contribution in [0.5, 0.6) is 0 Å². The Hall–Kier alpha value is -1.30. The van der Waals surface area contributed by atoms with E-state index in [0.29, 0.717) is 17.4 Å². The average Bonchev–Trinajstić information content (AvgIpc) is 2.37. The molecule has 1 aromatic rings. The minimum atomic E-state index is 0.0522. The number of hydrogen-bond acceptors (Lipinski definition) is 5. The fraction of sp³-hybridized carbons (Fsp3) is 0.615. The summed E-state index contributed by atoms with van der Waals surface area (Å²) >= 11 is 1.80. The highest BCUT2D eigenvalue weighted by molar-refractivity contribution is 7.98. The second-order valence-electron chi connectivity index (χ2n) is 4.65. The molecule has 0 spiro atoms. The number of nitrogens with one attached hydrogen (secondary N) is 1. The van der Waals surface area contributed by atoms with Crippen LogP contribution in [0, 0.1) is 19.3 Å². The van der Waals surface area contributed by atoms with Gasteiger partial charge in [0.05, 0.1) is 11.3 Å². The molecule has 0 fully saturated rings. The summed E-state index contributed by atoms with van der Waals surface area (Å²) in [4.78, 5) is 2.09. The van der Waals surface area contributed by atoms with Gasteiger partial charge in [0.25, 0.3) is 0 Å². The number of rotatable bonds is 6. The van der Waals surface area contributed by atoms with Gasteiger partial charge in [0.2, 0.25) is 0 Å². The molecule has 0 amide bonds. The smallest absolute Gasteiger partial charge is 0.162 e. The second kappa shape index (κ2) is 6.75. The van der Waals surface area contributed by atoms with E-state index in [1.165, 1.54) is 0 Å². The van der Waals surface area contributed by atoms with Gasteiger partial charge in [-0.05, 0) is 32.1 Å². The molecule has 0 bridgehead atoms. The summed E-state index contributed by atoms with van der Waals surface area (Å²) in [6.45, 7) is 5.98. The zero-order valence-electron chi connectivity index (χ0n) is 12.3. The Kier molecular flexibility index (Phi) is 5.60. The summed E-state index contributed by atoms with van der Waals surface area (Å²) in [5.41, 5.74) is 8.18. The summed E-state index contributed by atoms with van der Waals surface area (Å²) in [6, 6.07) is 0.365. The lowest BCUT2D eigenvalue weighted by Gasteiger charge is -2.29. The molecule has 1 atom stereocenters. The molecule has 0 aliphatic carbocycles. The Balaban J connectivity index is 3.26. The van der Waals surface area contributed by atoms with Crippen molar-refractivity contribution in [2.45, 2.75) is 33.2 Å². The van der Waals surface area contributed by atoms with Crippen LogP contribution in [0.25, 0.3) is 0 Å². The van der Waals surface area contributed by atoms with E-state index in [9.17, 15) is 0 Å². The lowest BCUT2D eigenvalue weighted by molar-refractivity contribution is 0.659. The van der Waals surface area contributed by atoms with Crippen LogP contribution in [0.4, 0.5) is 5.82 Å². The molecular weight excluding hydrogens is 258 g/mol. The van der Waals surface area contributed by atoms with E-state index >= 15 is 0 Å². The van der Waals surface area contributed by atoms with Crippen molar-refractivity contribution in [2.24, 2.45) is 5.73 Å². The molecule has 1 heterocycles. The number of amidine groups is 1. The number of aromatic nitrogens is 2. The van der Waals surface area contributed by atoms with Crippen LogP contribution in [0.3, 0.4) is 0 Å². The Morgan fingerprint density at radius 2 is 2.05 bits per heavy atom. The molecule has 106 valence electrons. The molecule has 0 aliphatic heterocycles. The minimum absolute atomic E-state index is 0.0522. The van der Waals surface area contributed by atoms with Gasteiger partial charge in [0, 0.05) is 18.8 Å². The summed E-state index contributed by atoms with van der Waals surface area (Å²) in [5, 5.41) is 16.2. The first kappa shape index (κ1) is 15.8. The lowest BCUT2D eigenvalue weighted by Crippen LogP contribution is -2.36. The molecule has 6 heteroatoms. The molecule has 1 aromatic heterocycles. The first-order valence-corrected chi connectivity index (χ1v) is 7.73. The van der Waals surface area contributed by atoms with E-state index in [0.717, 1.165) is 23.4 Å². The topological polar surface area (TPSA) is 78.9 Å². The van der Waals surface area contributed by atoms with E-state index in [4.69, 9.17) is 11.1 Å². The third-order valence-electron chi connectivity index (χ3n) is 3.42. The fourth-order valence-electron chi connectivity index (χ4n) is 2.03. The van der Waals surface area contributed by atoms with Gasteiger partial charge in [0.15, 0.2) is 5.82 Å². The van der Waals surface area contributed by atoms with Gasteiger partial charge in [-0.15, -0.1) is 5.10 Å². The Bertz CT molecular complexity index is 461. The molecule has 0 saturated carbocycles. The molecule has 1 unspecified atom stereocenters. The largest absolute Gasteiger partial charge is 0.384 e. The third kappa shape index (κ3) is 3.37. The summed E-state index contributed by atoms with van der Waals surface area (Å²) in [6.07, 6.45) is 3.11. The quantitative estimate of drug-likeness (QED) is 0.615. The van der Waals surface area contributed by atoms with Crippen molar-refractivity contribution in [2.75, 3.05) is 24.0 Å². The third-order valence-corrected chi connectivity index (χ3v) is 4.14. The number of nitrogen functional groups attached to an aromatic ring is 1. The first-order valence-electron chi connectivity index (χ1n) is 6.34. The Labute approximate surface area is 119 Å². The van der Waals surface area contributed by atoms with Gasteiger partial charge < -0.3 is 10.6 Å². The number of thioether (sulfide) groups is 1. The first-order chi connectivity index (χ1) is 8.93. The number of aryl methyl sites for hydroxylation is 1. The molecular formula is C13H23N5S. The highest BCUT2D eigenvalue weighted by atomic mass is 32.2. The molecule has 3 N–H and O–H groups in total. The van der Waals surface area contributed by atoms with Crippen molar-refractivity contribution in [1.82, 2.24) is 10.2 Å². The zero-order chi connectivity index (χ0) is 14.6. The van der Waals surface area contributed by atoms with E-state index in [2.05, 4.69) is 28.3 Å². The Morgan fingerprint density at radius 3 is 2.53 bits per heavy atom. The molecule has 0 aliphatic rings. The van der Waals surface area contributed by atoms with E-state index in [1.54, 1.807) is 11.8 Å². The van der Waals surface area contributed by atoms with E-state index in [-0.39, 0.29) is 5.84 Å². The monoisotopic (exact) mass is 281 g/mol. The van der Waals surface area contributed by atoms with Crippen molar-refractivity contribution >= 4 is 23.4 Å². The van der Waals surface area contributed by atoms with Crippen LogP contribution in [0.15, 0.2) is 0 Å². The average molecular weight is 281 g/mol. The standard InChI is InChI=1S/C13H23N5S/c1-6-10(7-19-5)18(4)13-11(12(14)15)8(2)9(3)16-17-13/h10H,6-7H2,1-5H3,(H3,14,15). The summed E-state index contributed by atoms with van der Waals surface area (Å²) in [7, 11) is 2.00. The van der Waals surface area contributed by atoms with Crippen molar-refractivity contribution in [3.8, 4) is 0 Å². The molecule has 0 aromatic carbocycles. The van der Waals surface area contributed by atoms with E-state index < -0.39 is 0 Å².